The minimum atomic E-state index is -0.115. The van der Waals surface area contributed by atoms with Crippen molar-refractivity contribution in [2.45, 2.75) is 6.92 Å². The van der Waals surface area contributed by atoms with E-state index in [1.165, 1.54) is 23.2 Å². The molecule has 0 saturated carbocycles. The number of carbonyl (C=O) groups excluding carboxylic acids is 2. The highest BCUT2D eigenvalue weighted by atomic mass is 32.1. The third-order valence-corrected chi connectivity index (χ3v) is 4.50. The molecule has 1 aliphatic rings. The Kier molecular flexibility index (Phi) is 4.85. The Labute approximate surface area is 137 Å². The molecule has 8 heteroatoms. The number of morpholine rings is 1. The Morgan fingerprint density at radius 3 is 2.83 bits per heavy atom. The zero-order chi connectivity index (χ0) is 16.2. The number of nitrogens with one attached hydrogen (secondary N) is 3. The van der Waals surface area contributed by atoms with Gasteiger partial charge in [0, 0.05) is 12.6 Å². The lowest BCUT2D eigenvalue weighted by atomic mass is 10.3. The summed E-state index contributed by atoms with van der Waals surface area (Å²) in [5, 5.41) is 6.18. The molecule has 0 radical (unpaired) electrons. The largest absolute Gasteiger partial charge is 0.370 e. The first-order chi connectivity index (χ1) is 11.1. The molecule has 0 aliphatic carbocycles. The summed E-state index contributed by atoms with van der Waals surface area (Å²) >= 11 is 1.40. The Morgan fingerprint density at radius 2 is 2.09 bits per heavy atom. The normalized spacial score (nSPS) is 15.5. The number of carbonyl (C=O) groups is 2. The third kappa shape index (κ3) is 4.25. The Morgan fingerprint density at radius 1 is 1.30 bits per heavy atom. The fourth-order valence-electron chi connectivity index (χ4n) is 2.49. The van der Waals surface area contributed by atoms with Crippen LogP contribution in [0.15, 0.2) is 18.2 Å². The van der Waals surface area contributed by atoms with E-state index < -0.39 is 0 Å². The molecular weight excluding hydrogens is 316 g/mol. The zero-order valence-electron chi connectivity index (χ0n) is 12.8. The summed E-state index contributed by atoms with van der Waals surface area (Å²) in [5.41, 5.74) is 1.53. The van der Waals surface area contributed by atoms with Crippen LogP contribution in [0.1, 0.15) is 6.92 Å². The van der Waals surface area contributed by atoms with Crippen LogP contribution in [0.3, 0.4) is 0 Å². The van der Waals surface area contributed by atoms with Crippen LogP contribution in [0.2, 0.25) is 0 Å². The number of hydrogen-bond acceptors (Lipinski definition) is 5. The first-order valence-electron chi connectivity index (χ1n) is 7.49. The number of quaternary nitrogens is 1. The van der Waals surface area contributed by atoms with Crippen LogP contribution in [0, 0.1) is 0 Å². The topological polar surface area (TPSA) is 84.8 Å². The van der Waals surface area contributed by atoms with Crippen LogP contribution in [0.25, 0.3) is 10.2 Å². The quantitative estimate of drug-likeness (QED) is 0.740. The monoisotopic (exact) mass is 335 g/mol. The smallest absolute Gasteiger partial charge is 0.281 e. The minimum absolute atomic E-state index is 0.0389. The summed E-state index contributed by atoms with van der Waals surface area (Å²) in [7, 11) is 0. The van der Waals surface area contributed by atoms with Crippen molar-refractivity contribution < 1.29 is 19.2 Å². The number of thiazole rings is 1. The predicted molar refractivity (Wildman–Crippen MR) is 88.9 cm³/mol. The number of amides is 2. The van der Waals surface area contributed by atoms with Gasteiger partial charge in [0.15, 0.2) is 11.7 Å². The van der Waals surface area contributed by atoms with E-state index >= 15 is 0 Å². The lowest BCUT2D eigenvalue weighted by Gasteiger charge is -2.22. The fraction of sp³-hybridized carbons (Fsp3) is 0.400. The number of hydrogen-bond donors (Lipinski definition) is 3. The summed E-state index contributed by atoms with van der Waals surface area (Å²) in [4.78, 5) is 28.8. The van der Waals surface area contributed by atoms with E-state index in [1.54, 1.807) is 6.07 Å². The van der Waals surface area contributed by atoms with Crippen LogP contribution >= 0.6 is 11.3 Å². The van der Waals surface area contributed by atoms with Gasteiger partial charge in [-0.3, -0.25) is 14.9 Å². The molecule has 3 rings (SSSR count). The molecule has 0 atom stereocenters. The number of nitrogens with zero attached hydrogens (tertiary/aromatic N) is 1. The van der Waals surface area contributed by atoms with Gasteiger partial charge in [-0.05, 0) is 18.2 Å². The van der Waals surface area contributed by atoms with Gasteiger partial charge in [-0.25, -0.2) is 4.98 Å². The summed E-state index contributed by atoms with van der Waals surface area (Å²) in [6, 6.07) is 5.49. The van der Waals surface area contributed by atoms with Crippen LogP contribution < -0.4 is 15.5 Å². The molecule has 3 N–H and O–H groups in total. The van der Waals surface area contributed by atoms with E-state index in [9.17, 15) is 9.59 Å². The van der Waals surface area contributed by atoms with Crippen LogP contribution in [0.5, 0.6) is 0 Å². The number of rotatable bonds is 4. The van der Waals surface area contributed by atoms with Gasteiger partial charge >= 0.3 is 0 Å². The fourth-order valence-corrected chi connectivity index (χ4v) is 3.41. The van der Waals surface area contributed by atoms with E-state index in [1.807, 2.05) is 12.1 Å². The third-order valence-electron chi connectivity index (χ3n) is 3.57. The molecule has 1 aliphatic heterocycles. The average molecular weight is 335 g/mol. The molecule has 23 heavy (non-hydrogen) atoms. The SMILES string of the molecule is CC(=O)Nc1ccc2nc(NC(=O)C[NH+]3CCOCC3)sc2c1. The van der Waals surface area contributed by atoms with Crippen molar-refractivity contribution in [1.82, 2.24) is 4.98 Å². The van der Waals surface area contributed by atoms with Crippen molar-refractivity contribution in [1.29, 1.82) is 0 Å². The second-order valence-electron chi connectivity index (χ2n) is 5.47. The molecule has 1 aromatic heterocycles. The molecule has 0 spiro atoms. The van der Waals surface area contributed by atoms with Crippen molar-refractivity contribution in [2.75, 3.05) is 43.5 Å². The highest BCUT2D eigenvalue weighted by Crippen LogP contribution is 2.28. The highest BCUT2D eigenvalue weighted by molar-refractivity contribution is 7.22. The molecule has 2 heterocycles. The molecule has 0 unspecified atom stereocenters. The molecule has 7 nitrogen and oxygen atoms in total. The van der Waals surface area contributed by atoms with E-state index in [-0.39, 0.29) is 11.8 Å². The van der Waals surface area contributed by atoms with Gasteiger partial charge in [0.2, 0.25) is 5.91 Å². The maximum atomic E-state index is 12.1. The molecule has 1 saturated heterocycles. The second-order valence-corrected chi connectivity index (χ2v) is 6.50. The number of aromatic nitrogens is 1. The van der Waals surface area contributed by atoms with Crippen molar-refractivity contribution in [2.24, 2.45) is 0 Å². The van der Waals surface area contributed by atoms with Crippen LogP contribution in [-0.4, -0.2) is 49.6 Å². The standard InChI is InChI=1S/C15H18N4O3S/c1-10(20)16-11-2-3-12-13(8-11)23-15(17-12)18-14(21)9-19-4-6-22-7-5-19/h2-3,8H,4-7,9H2,1H3,(H,16,20)(H,17,18,21)/p+1. The van der Waals surface area contributed by atoms with Gasteiger partial charge in [0.25, 0.3) is 5.91 Å². The van der Waals surface area contributed by atoms with Crippen molar-refractivity contribution >= 4 is 44.2 Å². The van der Waals surface area contributed by atoms with Gasteiger partial charge in [0.05, 0.1) is 23.4 Å². The molecule has 2 aromatic rings. The Balaban J connectivity index is 1.65. The second kappa shape index (κ2) is 7.03. The van der Waals surface area contributed by atoms with E-state index in [2.05, 4.69) is 15.6 Å². The lowest BCUT2D eigenvalue weighted by Crippen LogP contribution is -3.15. The van der Waals surface area contributed by atoms with Gasteiger partial charge in [0.1, 0.15) is 13.1 Å². The van der Waals surface area contributed by atoms with E-state index in [0.717, 1.165) is 29.0 Å². The van der Waals surface area contributed by atoms with Gasteiger partial charge in [-0.2, -0.15) is 0 Å². The molecule has 0 bridgehead atoms. The minimum Gasteiger partial charge on any atom is -0.370 e. The first-order valence-corrected chi connectivity index (χ1v) is 8.31. The number of anilines is 2. The van der Waals surface area contributed by atoms with E-state index in [4.69, 9.17) is 4.74 Å². The molecular formula is C15H19N4O3S+. The summed E-state index contributed by atoms with van der Waals surface area (Å²) in [6.07, 6.45) is 0. The average Bonchev–Trinajstić information content (AvgIpc) is 2.88. The van der Waals surface area contributed by atoms with Crippen LogP contribution in [-0.2, 0) is 14.3 Å². The Bertz CT molecular complexity index is 725. The number of ether oxygens (including phenoxy) is 1. The predicted octanol–water partition coefficient (Wildman–Crippen LogP) is 0.108. The summed E-state index contributed by atoms with van der Waals surface area (Å²) in [6.45, 7) is 5.01. The van der Waals surface area contributed by atoms with Crippen molar-refractivity contribution in [3.63, 3.8) is 0 Å². The molecule has 122 valence electrons. The van der Waals surface area contributed by atoms with E-state index in [0.29, 0.717) is 24.9 Å². The number of fused-ring (bicyclic) bond motifs is 1. The van der Waals surface area contributed by atoms with Gasteiger partial charge in [-0.15, -0.1) is 0 Å². The van der Waals surface area contributed by atoms with Gasteiger partial charge < -0.3 is 15.0 Å². The lowest BCUT2D eigenvalue weighted by molar-refractivity contribution is -0.899. The zero-order valence-corrected chi connectivity index (χ0v) is 13.7. The maximum Gasteiger partial charge on any atom is 0.281 e. The van der Waals surface area contributed by atoms with Crippen molar-refractivity contribution in [3.8, 4) is 0 Å². The molecule has 2 amide bonds. The summed E-state index contributed by atoms with van der Waals surface area (Å²) < 4.78 is 6.21. The molecule has 1 aromatic carbocycles. The van der Waals surface area contributed by atoms with Gasteiger partial charge in [-0.1, -0.05) is 11.3 Å². The first kappa shape index (κ1) is 15.9. The Hall–Kier alpha value is -2.03. The molecule has 1 fully saturated rings. The maximum absolute atomic E-state index is 12.1. The summed E-state index contributed by atoms with van der Waals surface area (Å²) in [5.74, 6) is -0.154. The van der Waals surface area contributed by atoms with Crippen molar-refractivity contribution in [3.05, 3.63) is 18.2 Å². The number of benzene rings is 1. The van der Waals surface area contributed by atoms with Crippen LogP contribution in [0.4, 0.5) is 10.8 Å². The highest BCUT2D eigenvalue weighted by Gasteiger charge is 2.18.